The van der Waals surface area contributed by atoms with E-state index < -0.39 is 24.3 Å². The van der Waals surface area contributed by atoms with Crippen LogP contribution < -0.4 is 10.6 Å². The highest BCUT2D eigenvalue weighted by atomic mass is 16.5. The van der Waals surface area contributed by atoms with Gasteiger partial charge >= 0.3 is 12.2 Å². The van der Waals surface area contributed by atoms with Crippen LogP contribution in [0.25, 0.3) is 44.8 Å². The van der Waals surface area contributed by atoms with E-state index in [0.717, 1.165) is 70.5 Å². The average Bonchev–Trinajstić information content (AvgIpc) is 4.14. The van der Waals surface area contributed by atoms with Crippen LogP contribution in [0.4, 0.5) is 9.59 Å². The molecule has 6 aromatic rings. The fourth-order valence-electron chi connectivity index (χ4n) is 8.23. The Labute approximate surface area is 352 Å². The summed E-state index contributed by atoms with van der Waals surface area (Å²) in [7, 11) is 2.56. The van der Waals surface area contributed by atoms with Gasteiger partial charge in [-0.3, -0.25) is 14.6 Å². The lowest BCUT2D eigenvalue weighted by Gasteiger charge is -2.30. The Kier molecular flexibility index (Phi) is 11.8. The number of hydrogen-bond donors (Lipinski definition) is 4. The molecular formula is C45H48N10O6. The standard InChI is InChI=1S/C45H48N10O6/c1-26(2)38(52-44(58)60-3)42(56)54-20-8-12-36(54)40-47-24-34(50-40)28-16-14-27(15-17-28)33-23-46-32-22-30(18-19-31(32)49-33)35-25-48-41(51-35)37-13-9-21-55(37)43(57)39(53-45(59)61-4)29-10-6-5-7-11-29/h5-7,10-11,14-19,22-26,36-39H,8-9,12-13,20-21H2,1-4H3,(H,47,50)(H,48,51)(H,52,58)(H,53,59)/t36-,37-,38-,39-/m0/s1. The molecule has 8 rings (SSSR count). The molecule has 4 atom stereocenters. The number of alkyl carbamates (subject to hydrolysis) is 2. The number of hydrogen-bond acceptors (Lipinski definition) is 10. The first-order valence-corrected chi connectivity index (χ1v) is 20.4. The largest absolute Gasteiger partial charge is 0.453 e. The summed E-state index contributed by atoms with van der Waals surface area (Å²) in [6.07, 6.45) is 7.12. The van der Waals surface area contributed by atoms with Crippen LogP contribution in [0.2, 0.25) is 0 Å². The maximum Gasteiger partial charge on any atom is 0.407 e. The van der Waals surface area contributed by atoms with Crippen LogP contribution in [-0.2, 0) is 19.1 Å². The first-order chi connectivity index (χ1) is 29.6. The number of nitrogens with one attached hydrogen (secondary N) is 4. The van der Waals surface area contributed by atoms with Gasteiger partial charge in [0.15, 0.2) is 0 Å². The Morgan fingerprint density at radius 3 is 1.87 bits per heavy atom. The summed E-state index contributed by atoms with van der Waals surface area (Å²) < 4.78 is 9.59. The van der Waals surface area contributed by atoms with Gasteiger partial charge in [-0.1, -0.05) is 74.5 Å². The number of H-pyrrole nitrogens is 2. The number of amides is 4. The number of carbonyl (C=O) groups excluding carboxylic acids is 4. The monoisotopic (exact) mass is 824 g/mol. The number of nitrogens with zero attached hydrogens (tertiary/aromatic N) is 6. The minimum Gasteiger partial charge on any atom is -0.453 e. The van der Waals surface area contributed by atoms with E-state index in [0.29, 0.717) is 30.3 Å². The van der Waals surface area contributed by atoms with E-state index in [2.05, 4.69) is 25.6 Å². The third-order valence-electron chi connectivity index (χ3n) is 11.5. The molecular weight excluding hydrogens is 777 g/mol. The van der Waals surface area contributed by atoms with E-state index in [9.17, 15) is 19.2 Å². The zero-order valence-corrected chi connectivity index (χ0v) is 34.4. The Bertz CT molecular complexity index is 2540. The van der Waals surface area contributed by atoms with Gasteiger partial charge in [-0.05, 0) is 54.9 Å². The number of rotatable bonds is 11. The van der Waals surface area contributed by atoms with E-state index in [1.54, 1.807) is 28.4 Å². The molecule has 2 fully saturated rings. The smallest absolute Gasteiger partial charge is 0.407 e. The molecule has 0 spiro atoms. The van der Waals surface area contributed by atoms with E-state index >= 15 is 0 Å². The molecule has 16 heteroatoms. The van der Waals surface area contributed by atoms with Gasteiger partial charge in [-0.2, -0.15) is 0 Å². The second-order valence-electron chi connectivity index (χ2n) is 15.6. The lowest BCUT2D eigenvalue weighted by Crippen LogP contribution is -2.51. The lowest BCUT2D eigenvalue weighted by molar-refractivity contribution is -0.135. The number of benzene rings is 3. The van der Waals surface area contributed by atoms with Crippen molar-refractivity contribution in [2.75, 3.05) is 27.3 Å². The predicted octanol–water partition coefficient (Wildman–Crippen LogP) is 6.88. The van der Waals surface area contributed by atoms with Crippen molar-refractivity contribution < 1.29 is 28.7 Å². The third kappa shape index (κ3) is 8.51. The molecule has 61 heavy (non-hydrogen) atoms. The van der Waals surface area contributed by atoms with Gasteiger partial charge in [0.05, 0.1) is 73.0 Å². The third-order valence-corrected chi connectivity index (χ3v) is 11.5. The van der Waals surface area contributed by atoms with Crippen LogP contribution in [0, 0.1) is 5.92 Å². The number of fused-ring (bicyclic) bond motifs is 1. The van der Waals surface area contributed by atoms with Crippen molar-refractivity contribution in [1.29, 1.82) is 0 Å². The van der Waals surface area contributed by atoms with Gasteiger partial charge in [-0.25, -0.2) is 24.5 Å². The fraction of sp³-hybridized carbons (Fsp3) is 0.333. The van der Waals surface area contributed by atoms with E-state index in [1.165, 1.54) is 14.2 Å². The lowest BCUT2D eigenvalue weighted by atomic mass is 10.0. The average molecular weight is 825 g/mol. The van der Waals surface area contributed by atoms with Crippen molar-refractivity contribution in [3.05, 3.63) is 109 Å². The van der Waals surface area contributed by atoms with Crippen molar-refractivity contribution in [1.82, 2.24) is 50.3 Å². The SMILES string of the molecule is COC(=O)N[C@H](C(=O)N1CCC[C@H]1c1ncc(-c2ccc3nc(-c4ccc(-c5cnc([C@@H]6CCCN6C(=O)[C@@H](NC(=O)OC)C(C)C)[nH]5)cc4)cnc3c2)[nH]1)c1ccccc1. The second-order valence-corrected chi connectivity index (χ2v) is 15.6. The molecule has 2 saturated heterocycles. The predicted molar refractivity (Wildman–Crippen MR) is 226 cm³/mol. The minimum atomic E-state index is -0.897. The molecule has 5 heterocycles. The first-order valence-electron chi connectivity index (χ1n) is 20.4. The van der Waals surface area contributed by atoms with E-state index in [-0.39, 0.29) is 29.8 Å². The van der Waals surface area contributed by atoms with Gasteiger partial charge in [0.25, 0.3) is 5.91 Å². The highest BCUT2D eigenvalue weighted by Gasteiger charge is 2.39. The number of imidazole rings is 2. The van der Waals surface area contributed by atoms with Crippen LogP contribution in [0.5, 0.6) is 0 Å². The van der Waals surface area contributed by atoms with Crippen molar-refractivity contribution in [2.45, 2.75) is 63.7 Å². The number of likely N-dealkylation sites (tertiary alicyclic amines) is 2. The summed E-state index contributed by atoms with van der Waals surface area (Å²) in [5, 5.41) is 5.40. The van der Waals surface area contributed by atoms with Crippen molar-refractivity contribution in [3.63, 3.8) is 0 Å². The van der Waals surface area contributed by atoms with Crippen LogP contribution in [0.3, 0.4) is 0 Å². The van der Waals surface area contributed by atoms with Crippen LogP contribution >= 0.6 is 0 Å². The quantitative estimate of drug-likeness (QED) is 0.107. The van der Waals surface area contributed by atoms with Crippen molar-refractivity contribution in [2.24, 2.45) is 5.92 Å². The Morgan fingerprint density at radius 1 is 0.672 bits per heavy atom. The number of methoxy groups -OCH3 is 2. The maximum absolute atomic E-state index is 13.9. The highest BCUT2D eigenvalue weighted by molar-refractivity contribution is 5.88. The minimum absolute atomic E-state index is 0.117. The van der Waals surface area contributed by atoms with Gasteiger partial charge in [0, 0.05) is 24.2 Å². The normalized spacial score (nSPS) is 17.3. The van der Waals surface area contributed by atoms with Gasteiger partial charge < -0.3 is 39.9 Å². The number of ether oxygens (including phenoxy) is 2. The zero-order chi connectivity index (χ0) is 42.6. The van der Waals surface area contributed by atoms with Crippen molar-refractivity contribution in [3.8, 4) is 33.8 Å². The molecule has 4 amide bonds. The van der Waals surface area contributed by atoms with Crippen LogP contribution in [0.15, 0.2) is 91.4 Å². The molecule has 0 radical (unpaired) electrons. The summed E-state index contributed by atoms with van der Waals surface area (Å²) in [6, 6.07) is 20.9. The van der Waals surface area contributed by atoms with Gasteiger partial charge in [-0.15, -0.1) is 0 Å². The van der Waals surface area contributed by atoms with Gasteiger partial charge in [0.2, 0.25) is 5.91 Å². The molecule has 2 aliphatic heterocycles. The molecule has 3 aromatic heterocycles. The second kappa shape index (κ2) is 17.6. The number of aromatic nitrogens is 6. The summed E-state index contributed by atoms with van der Waals surface area (Å²) >= 11 is 0. The number of aromatic amines is 2. The molecule has 0 aliphatic carbocycles. The molecule has 0 bridgehead atoms. The van der Waals surface area contributed by atoms with Crippen LogP contribution in [0.1, 0.15) is 74.9 Å². The summed E-state index contributed by atoms with van der Waals surface area (Å²) in [4.78, 5) is 81.2. The molecule has 2 aliphatic rings. The molecule has 16 nitrogen and oxygen atoms in total. The number of carbonyl (C=O) groups is 4. The Balaban J connectivity index is 0.943. The van der Waals surface area contributed by atoms with Crippen molar-refractivity contribution >= 4 is 35.0 Å². The highest BCUT2D eigenvalue weighted by Crippen LogP contribution is 2.36. The fourth-order valence-corrected chi connectivity index (χ4v) is 8.23. The van der Waals surface area contributed by atoms with E-state index in [1.807, 2.05) is 86.6 Å². The summed E-state index contributed by atoms with van der Waals surface area (Å²) in [6.45, 7) is 4.90. The first kappa shape index (κ1) is 40.7. The zero-order valence-electron chi connectivity index (χ0n) is 34.4. The Hall–Kier alpha value is -7.10. The molecule has 3 aromatic carbocycles. The topological polar surface area (TPSA) is 200 Å². The Morgan fingerprint density at radius 2 is 1.25 bits per heavy atom. The molecule has 0 saturated carbocycles. The van der Waals surface area contributed by atoms with Gasteiger partial charge in [0.1, 0.15) is 23.7 Å². The maximum atomic E-state index is 13.9. The molecule has 0 unspecified atom stereocenters. The van der Waals surface area contributed by atoms with Crippen LogP contribution in [-0.4, -0.2) is 97.1 Å². The summed E-state index contributed by atoms with van der Waals surface area (Å²) in [5.41, 5.74) is 7.17. The summed E-state index contributed by atoms with van der Waals surface area (Å²) in [5.74, 6) is 0.874. The van der Waals surface area contributed by atoms with E-state index in [4.69, 9.17) is 24.4 Å². The molecule has 314 valence electrons. The molecule has 4 N–H and O–H groups in total.